The molecule has 0 heterocycles. The van der Waals surface area contributed by atoms with Crippen molar-refractivity contribution in [3.8, 4) is 5.75 Å². The average Bonchev–Trinajstić information content (AvgIpc) is 2.49. The quantitative estimate of drug-likeness (QED) is 0.431. The Balaban J connectivity index is 2.64. The van der Waals surface area contributed by atoms with Gasteiger partial charge in [-0.1, -0.05) is 12.1 Å². The maximum Gasteiger partial charge on any atom is 0.425 e. The highest BCUT2D eigenvalue weighted by atomic mass is 19.4. The Morgan fingerprint density at radius 3 is 2.33 bits per heavy atom. The van der Waals surface area contributed by atoms with Crippen LogP contribution in [0.3, 0.4) is 0 Å². The minimum absolute atomic E-state index is 0.182. The topological polar surface area (TPSA) is 61.8 Å². The van der Waals surface area contributed by atoms with Crippen molar-refractivity contribution >= 4 is 18.0 Å². The van der Waals surface area contributed by atoms with Gasteiger partial charge in [0.05, 0.1) is 6.61 Å². The third-order valence-corrected chi connectivity index (χ3v) is 2.76. The molecule has 8 heteroatoms. The molecule has 5 nitrogen and oxygen atoms in total. The molecule has 0 aromatic heterocycles. The Kier molecular flexibility index (Phi) is 7.44. The van der Waals surface area contributed by atoms with Crippen LogP contribution in [0.5, 0.6) is 5.75 Å². The van der Waals surface area contributed by atoms with Crippen molar-refractivity contribution in [3.63, 3.8) is 0 Å². The normalized spacial score (nSPS) is 12.9. The molecular formula is C16H17F3O5. The molecule has 0 fully saturated rings. The van der Waals surface area contributed by atoms with Gasteiger partial charge in [0.1, 0.15) is 5.75 Å². The van der Waals surface area contributed by atoms with Gasteiger partial charge in [0.15, 0.2) is 6.10 Å². The number of halogens is 3. The van der Waals surface area contributed by atoms with Crippen molar-refractivity contribution in [1.82, 2.24) is 0 Å². The van der Waals surface area contributed by atoms with Gasteiger partial charge in [-0.2, -0.15) is 13.2 Å². The van der Waals surface area contributed by atoms with Gasteiger partial charge in [-0.25, -0.2) is 4.79 Å². The van der Waals surface area contributed by atoms with E-state index in [9.17, 15) is 22.8 Å². The fourth-order valence-electron chi connectivity index (χ4n) is 1.67. The van der Waals surface area contributed by atoms with E-state index in [0.717, 1.165) is 6.08 Å². The molecule has 0 N–H and O–H groups in total. The summed E-state index contributed by atoms with van der Waals surface area (Å²) in [5, 5.41) is 0. The first-order valence-electron chi connectivity index (χ1n) is 6.95. The van der Waals surface area contributed by atoms with Crippen LogP contribution in [0.25, 0.3) is 6.08 Å². The van der Waals surface area contributed by atoms with Crippen molar-refractivity contribution in [3.05, 3.63) is 35.9 Å². The number of carbonyl (C=O) groups excluding carboxylic acids is 2. The molecule has 0 spiro atoms. The second kappa shape index (κ2) is 9.07. The van der Waals surface area contributed by atoms with Crippen molar-refractivity contribution in [1.29, 1.82) is 0 Å². The van der Waals surface area contributed by atoms with Crippen molar-refractivity contribution in [2.45, 2.75) is 25.6 Å². The highest BCUT2D eigenvalue weighted by molar-refractivity contribution is 5.87. The van der Waals surface area contributed by atoms with Gasteiger partial charge in [-0.05, 0) is 23.8 Å². The Morgan fingerprint density at radius 2 is 1.83 bits per heavy atom. The van der Waals surface area contributed by atoms with Crippen LogP contribution in [0, 0.1) is 0 Å². The molecule has 1 rings (SSSR count). The van der Waals surface area contributed by atoms with Crippen LogP contribution in [0.2, 0.25) is 0 Å². The summed E-state index contributed by atoms with van der Waals surface area (Å²) in [5.74, 6) is -1.27. The lowest BCUT2D eigenvalue weighted by Gasteiger charge is -2.19. The first kappa shape index (κ1) is 19.7. The Hall–Kier alpha value is -2.35. The van der Waals surface area contributed by atoms with Gasteiger partial charge in [0.2, 0.25) is 0 Å². The van der Waals surface area contributed by atoms with Gasteiger partial charge < -0.3 is 14.2 Å². The summed E-state index contributed by atoms with van der Waals surface area (Å²) >= 11 is 0. The zero-order valence-electron chi connectivity index (χ0n) is 13.1. The van der Waals surface area contributed by atoms with Crippen LogP contribution in [0.4, 0.5) is 13.2 Å². The van der Waals surface area contributed by atoms with E-state index in [4.69, 9.17) is 4.74 Å². The number of rotatable bonds is 7. The van der Waals surface area contributed by atoms with Crippen LogP contribution in [0.1, 0.15) is 18.9 Å². The molecule has 1 aromatic carbocycles. The fraction of sp³-hybridized carbons (Fsp3) is 0.375. The number of hydrogen-bond acceptors (Lipinski definition) is 5. The summed E-state index contributed by atoms with van der Waals surface area (Å²) < 4.78 is 52.0. The van der Waals surface area contributed by atoms with Crippen LogP contribution in [-0.4, -0.2) is 37.9 Å². The Morgan fingerprint density at radius 1 is 1.21 bits per heavy atom. The third-order valence-electron chi connectivity index (χ3n) is 2.76. The molecule has 0 saturated heterocycles. The number of carbonyl (C=O) groups is 2. The van der Waals surface area contributed by atoms with Gasteiger partial charge in [0, 0.05) is 26.5 Å². The smallest absolute Gasteiger partial charge is 0.425 e. The van der Waals surface area contributed by atoms with E-state index in [2.05, 4.69) is 9.47 Å². The molecule has 0 radical (unpaired) electrons. The molecule has 1 atom stereocenters. The second-order valence-electron chi connectivity index (χ2n) is 4.74. The number of benzene rings is 1. The minimum atomic E-state index is -4.66. The largest absolute Gasteiger partial charge is 0.449 e. The zero-order valence-corrected chi connectivity index (χ0v) is 13.1. The summed E-state index contributed by atoms with van der Waals surface area (Å²) in [5.41, 5.74) is 0.531. The van der Waals surface area contributed by atoms with E-state index < -0.39 is 30.6 Å². The second-order valence-corrected chi connectivity index (χ2v) is 4.74. The lowest BCUT2D eigenvalue weighted by molar-refractivity contribution is -0.221. The molecule has 0 amide bonds. The molecule has 0 saturated carbocycles. The first-order chi connectivity index (χ1) is 11.2. The zero-order chi connectivity index (χ0) is 18.2. The molecular weight excluding hydrogens is 329 g/mol. The average molecular weight is 346 g/mol. The number of methoxy groups -OCH3 is 1. The molecule has 0 aliphatic rings. The van der Waals surface area contributed by atoms with Gasteiger partial charge in [-0.3, -0.25) is 4.79 Å². The lowest BCUT2D eigenvalue weighted by Crippen LogP contribution is -2.34. The predicted molar refractivity (Wildman–Crippen MR) is 79.2 cm³/mol. The minimum Gasteiger partial charge on any atom is -0.449 e. The number of hydrogen-bond donors (Lipinski definition) is 0. The van der Waals surface area contributed by atoms with Crippen molar-refractivity contribution in [2.75, 3.05) is 13.7 Å². The third kappa shape index (κ3) is 7.28. The molecule has 1 aromatic rings. The summed E-state index contributed by atoms with van der Waals surface area (Å²) in [4.78, 5) is 22.3. The van der Waals surface area contributed by atoms with Gasteiger partial charge in [0.25, 0.3) is 0 Å². The molecule has 0 bridgehead atoms. The maximum atomic E-state index is 12.7. The van der Waals surface area contributed by atoms with Crippen molar-refractivity contribution < 1.29 is 37.0 Å². The van der Waals surface area contributed by atoms with E-state index in [1.54, 1.807) is 0 Å². The highest BCUT2D eigenvalue weighted by Crippen LogP contribution is 2.25. The SMILES string of the molecule is COCC[C@@H](OC(=O)C=Cc1ccc(OC(C)=O)cc1)C(F)(F)F. The van der Waals surface area contributed by atoms with Crippen molar-refractivity contribution in [2.24, 2.45) is 0 Å². The molecule has 0 aliphatic heterocycles. The molecule has 0 aliphatic carbocycles. The summed E-state index contributed by atoms with van der Waals surface area (Å²) in [6.45, 7) is 1.07. The van der Waals surface area contributed by atoms with E-state index in [-0.39, 0.29) is 6.61 Å². The van der Waals surface area contributed by atoms with Crippen LogP contribution >= 0.6 is 0 Å². The lowest BCUT2D eigenvalue weighted by atomic mass is 10.2. The summed E-state index contributed by atoms with van der Waals surface area (Å²) in [6.07, 6.45) is -5.17. The van der Waals surface area contributed by atoms with E-state index in [0.29, 0.717) is 11.3 Å². The van der Waals surface area contributed by atoms with E-state index >= 15 is 0 Å². The van der Waals surface area contributed by atoms with Crippen LogP contribution < -0.4 is 4.74 Å². The van der Waals surface area contributed by atoms with Crippen LogP contribution in [0.15, 0.2) is 30.3 Å². The number of ether oxygens (including phenoxy) is 3. The molecule has 132 valence electrons. The number of alkyl halides is 3. The summed E-state index contributed by atoms with van der Waals surface area (Å²) in [6, 6.07) is 6.05. The highest BCUT2D eigenvalue weighted by Gasteiger charge is 2.42. The van der Waals surface area contributed by atoms with Crippen LogP contribution in [-0.2, 0) is 19.1 Å². The van der Waals surface area contributed by atoms with E-state index in [1.165, 1.54) is 44.4 Å². The molecule has 0 unspecified atom stereocenters. The van der Waals surface area contributed by atoms with Gasteiger partial charge in [-0.15, -0.1) is 0 Å². The maximum absolute atomic E-state index is 12.7. The monoisotopic (exact) mass is 346 g/mol. The van der Waals surface area contributed by atoms with E-state index in [1.807, 2.05) is 0 Å². The number of esters is 2. The fourth-order valence-corrected chi connectivity index (χ4v) is 1.67. The Labute approximate surface area is 137 Å². The Bertz CT molecular complexity index is 578. The molecule has 24 heavy (non-hydrogen) atoms. The predicted octanol–water partition coefficient (Wildman–Crippen LogP) is 3.14. The first-order valence-corrected chi connectivity index (χ1v) is 6.95. The van der Waals surface area contributed by atoms with Gasteiger partial charge >= 0.3 is 18.1 Å². The summed E-state index contributed by atoms with van der Waals surface area (Å²) in [7, 11) is 1.26. The standard InChI is InChI=1S/C16H17F3O5/c1-11(20)23-13-6-3-12(4-7-13)5-8-15(21)24-14(9-10-22-2)16(17,18)19/h3-8,14H,9-10H2,1-2H3/t14-/m1/s1.